The van der Waals surface area contributed by atoms with Crippen LogP contribution >= 0.6 is 11.3 Å². The minimum absolute atomic E-state index is 0.0361. The molecule has 0 amide bonds. The zero-order chi connectivity index (χ0) is 13.2. The minimum atomic E-state index is -3.85. The van der Waals surface area contributed by atoms with Gasteiger partial charge in [-0.05, 0) is 23.6 Å². The van der Waals surface area contributed by atoms with Gasteiger partial charge in [0, 0.05) is 12.1 Å². The van der Waals surface area contributed by atoms with Crippen LogP contribution in [0.5, 0.6) is 5.75 Å². The molecule has 1 aromatic carbocycles. The van der Waals surface area contributed by atoms with E-state index >= 15 is 0 Å². The third kappa shape index (κ3) is 2.66. The smallest absolute Gasteiger partial charge is 0.348 e. The summed E-state index contributed by atoms with van der Waals surface area (Å²) < 4.78 is 28.4. The zero-order valence-corrected chi connectivity index (χ0v) is 10.5. The number of hydrogen-bond donors (Lipinski definition) is 0. The first-order valence-corrected chi connectivity index (χ1v) is 7.00. The number of benzene rings is 1. The van der Waals surface area contributed by atoms with Crippen LogP contribution in [0.2, 0.25) is 0 Å². The number of non-ortho nitro benzene ring substituents is 1. The molecule has 0 aliphatic rings. The minimum Gasteiger partial charge on any atom is -0.378 e. The Morgan fingerprint density at radius 2 is 1.83 bits per heavy atom. The van der Waals surface area contributed by atoms with Gasteiger partial charge in [0.05, 0.1) is 4.92 Å². The first-order valence-electron chi connectivity index (χ1n) is 4.71. The second kappa shape index (κ2) is 4.75. The topological polar surface area (TPSA) is 86.5 Å². The van der Waals surface area contributed by atoms with Crippen molar-refractivity contribution < 1.29 is 17.5 Å². The van der Waals surface area contributed by atoms with Gasteiger partial charge in [0.2, 0.25) is 0 Å². The molecule has 94 valence electrons. The van der Waals surface area contributed by atoms with Gasteiger partial charge in [-0.3, -0.25) is 10.1 Å². The van der Waals surface area contributed by atoms with E-state index in [1.165, 1.54) is 30.3 Å². The largest absolute Gasteiger partial charge is 0.378 e. The van der Waals surface area contributed by atoms with Crippen LogP contribution in [0.4, 0.5) is 5.69 Å². The quantitative estimate of drug-likeness (QED) is 0.489. The van der Waals surface area contributed by atoms with Crippen LogP contribution in [-0.2, 0) is 10.1 Å². The van der Waals surface area contributed by atoms with Crippen molar-refractivity contribution in [3.05, 3.63) is 51.9 Å². The van der Waals surface area contributed by atoms with Gasteiger partial charge in [-0.15, -0.1) is 11.3 Å². The highest BCUT2D eigenvalue weighted by molar-refractivity contribution is 7.89. The van der Waals surface area contributed by atoms with Gasteiger partial charge in [0.25, 0.3) is 5.69 Å². The van der Waals surface area contributed by atoms with Crippen LogP contribution in [0.3, 0.4) is 0 Å². The summed E-state index contributed by atoms with van der Waals surface area (Å²) in [7, 11) is -3.85. The highest BCUT2D eigenvalue weighted by atomic mass is 32.3. The maximum Gasteiger partial charge on any atom is 0.348 e. The summed E-state index contributed by atoms with van der Waals surface area (Å²) in [5.41, 5.74) is -0.129. The summed E-state index contributed by atoms with van der Waals surface area (Å²) in [5, 5.41) is 12.0. The SMILES string of the molecule is O=[N+]([O-])c1ccc(OS(=O)(=O)c2cccs2)cc1. The molecule has 0 unspecified atom stereocenters. The summed E-state index contributed by atoms with van der Waals surface area (Å²) in [6, 6.07) is 7.85. The Morgan fingerprint density at radius 3 is 2.33 bits per heavy atom. The average molecular weight is 285 g/mol. The van der Waals surface area contributed by atoms with Crippen molar-refractivity contribution in [3.63, 3.8) is 0 Å². The Balaban J connectivity index is 2.22. The fourth-order valence-corrected chi connectivity index (χ4v) is 3.08. The molecule has 1 aromatic heterocycles. The van der Waals surface area contributed by atoms with E-state index < -0.39 is 15.0 Å². The van der Waals surface area contributed by atoms with Gasteiger partial charge in [0.1, 0.15) is 5.75 Å². The number of nitro groups is 1. The van der Waals surface area contributed by atoms with E-state index in [0.717, 1.165) is 11.3 Å². The molecule has 0 saturated carbocycles. The molecule has 0 bridgehead atoms. The van der Waals surface area contributed by atoms with Gasteiger partial charge in [0.15, 0.2) is 4.21 Å². The monoisotopic (exact) mass is 285 g/mol. The Morgan fingerprint density at radius 1 is 1.17 bits per heavy atom. The van der Waals surface area contributed by atoms with Crippen LogP contribution < -0.4 is 4.18 Å². The third-order valence-corrected chi connectivity index (χ3v) is 4.60. The van der Waals surface area contributed by atoms with E-state index in [4.69, 9.17) is 4.18 Å². The van der Waals surface area contributed by atoms with E-state index in [-0.39, 0.29) is 15.6 Å². The first kappa shape index (κ1) is 12.5. The zero-order valence-electron chi connectivity index (χ0n) is 8.85. The molecule has 2 aromatic rings. The lowest BCUT2D eigenvalue weighted by molar-refractivity contribution is -0.384. The number of rotatable bonds is 4. The van der Waals surface area contributed by atoms with Crippen molar-refractivity contribution in [1.29, 1.82) is 0 Å². The summed E-state index contributed by atoms with van der Waals surface area (Å²) >= 11 is 1.04. The molecule has 0 aliphatic heterocycles. The van der Waals surface area contributed by atoms with Gasteiger partial charge < -0.3 is 4.18 Å². The molecule has 0 aliphatic carbocycles. The van der Waals surface area contributed by atoms with Gasteiger partial charge >= 0.3 is 10.1 Å². The molecule has 8 heteroatoms. The van der Waals surface area contributed by atoms with Crippen molar-refractivity contribution in [1.82, 2.24) is 0 Å². The third-order valence-electron chi connectivity index (χ3n) is 1.99. The van der Waals surface area contributed by atoms with Crippen LogP contribution in [-0.4, -0.2) is 13.3 Å². The van der Waals surface area contributed by atoms with Crippen LogP contribution in [0.25, 0.3) is 0 Å². The van der Waals surface area contributed by atoms with E-state index in [0.29, 0.717) is 0 Å². The lowest BCUT2D eigenvalue weighted by Gasteiger charge is -2.04. The summed E-state index contributed by atoms with van der Waals surface area (Å²) in [5.74, 6) is 0.0361. The predicted octanol–water partition coefficient (Wildman–Crippen LogP) is 2.42. The summed E-state index contributed by atoms with van der Waals surface area (Å²) in [6.07, 6.45) is 0. The molecule has 0 fully saturated rings. The fraction of sp³-hybridized carbons (Fsp3) is 0. The maximum absolute atomic E-state index is 11.7. The van der Waals surface area contributed by atoms with E-state index in [2.05, 4.69) is 0 Å². The Bertz CT molecular complexity index is 646. The number of nitro benzene ring substituents is 1. The molecular formula is C10H7NO5S2. The fourth-order valence-electron chi connectivity index (χ4n) is 1.20. The van der Waals surface area contributed by atoms with E-state index in [9.17, 15) is 18.5 Å². The lowest BCUT2D eigenvalue weighted by atomic mass is 10.3. The molecule has 0 N–H and O–H groups in total. The average Bonchev–Trinajstić information content (AvgIpc) is 2.83. The molecule has 0 saturated heterocycles. The second-order valence-corrected chi connectivity index (χ2v) is 5.94. The van der Waals surface area contributed by atoms with Crippen LogP contribution in [0, 0.1) is 10.1 Å². The van der Waals surface area contributed by atoms with Gasteiger partial charge in [-0.25, -0.2) is 0 Å². The Kier molecular flexibility index (Phi) is 3.30. The standard InChI is InChI=1S/C10H7NO5S2/c12-11(13)8-3-5-9(6-4-8)16-18(14,15)10-2-1-7-17-10/h1-7H. The van der Waals surface area contributed by atoms with Crippen LogP contribution in [0.15, 0.2) is 46.0 Å². The van der Waals surface area contributed by atoms with Crippen molar-refractivity contribution in [2.45, 2.75) is 4.21 Å². The molecule has 2 rings (SSSR count). The summed E-state index contributed by atoms with van der Waals surface area (Å²) in [4.78, 5) is 9.86. The lowest BCUT2D eigenvalue weighted by Crippen LogP contribution is -2.07. The molecule has 6 nitrogen and oxygen atoms in total. The van der Waals surface area contributed by atoms with E-state index in [1.54, 1.807) is 11.4 Å². The summed E-state index contributed by atoms with van der Waals surface area (Å²) in [6.45, 7) is 0. The number of nitrogens with zero attached hydrogens (tertiary/aromatic N) is 1. The first-order chi connectivity index (χ1) is 8.49. The van der Waals surface area contributed by atoms with Crippen LogP contribution in [0.1, 0.15) is 0 Å². The molecule has 0 spiro atoms. The van der Waals surface area contributed by atoms with E-state index in [1.807, 2.05) is 0 Å². The van der Waals surface area contributed by atoms with Gasteiger partial charge in [-0.1, -0.05) is 6.07 Å². The highest BCUT2D eigenvalue weighted by Crippen LogP contribution is 2.23. The predicted molar refractivity (Wildman–Crippen MR) is 65.2 cm³/mol. The number of hydrogen-bond acceptors (Lipinski definition) is 6. The highest BCUT2D eigenvalue weighted by Gasteiger charge is 2.18. The Labute approximate surface area is 107 Å². The van der Waals surface area contributed by atoms with Crippen molar-refractivity contribution in [2.75, 3.05) is 0 Å². The molecule has 1 heterocycles. The van der Waals surface area contributed by atoms with Crippen molar-refractivity contribution >= 4 is 27.1 Å². The maximum atomic E-state index is 11.7. The van der Waals surface area contributed by atoms with Crippen molar-refractivity contribution in [3.8, 4) is 5.75 Å². The van der Waals surface area contributed by atoms with Crippen molar-refractivity contribution in [2.24, 2.45) is 0 Å². The molecular weight excluding hydrogens is 278 g/mol. The number of thiophene rings is 1. The normalized spacial score (nSPS) is 11.1. The molecule has 0 radical (unpaired) electrons. The molecule has 0 atom stereocenters. The Hall–Kier alpha value is -1.93. The van der Waals surface area contributed by atoms with Gasteiger partial charge in [-0.2, -0.15) is 8.42 Å². The molecule has 18 heavy (non-hydrogen) atoms. The second-order valence-electron chi connectivity index (χ2n) is 3.22.